The van der Waals surface area contributed by atoms with Crippen LogP contribution in [0.3, 0.4) is 0 Å². The van der Waals surface area contributed by atoms with Crippen LogP contribution in [0.5, 0.6) is 0 Å². The minimum Gasteiger partial charge on any atom is -0.478 e. The Morgan fingerprint density at radius 3 is 2.65 bits per heavy atom. The molecule has 2 heterocycles. The fourth-order valence-corrected chi connectivity index (χ4v) is 3.76. The van der Waals surface area contributed by atoms with Crippen molar-refractivity contribution in [1.29, 1.82) is 0 Å². The van der Waals surface area contributed by atoms with Crippen molar-refractivity contribution in [3.8, 4) is 5.69 Å². The van der Waals surface area contributed by atoms with Crippen LogP contribution in [-0.4, -0.2) is 38.8 Å². The topological polar surface area (TPSA) is 58.4 Å². The summed E-state index contributed by atoms with van der Waals surface area (Å²) in [5, 5.41) is 13.9. The molecule has 1 fully saturated rings. The summed E-state index contributed by atoms with van der Waals surface area (Å²) in [4.78, 5) is 13.9. The second-order valence-electron chi connectivity index (χ2n) is 6.68. The van der Waals surface area contributed by atoms with E-state index >= 15 is 0 Å². The molecule has 1 saturated heterocycles. The second kappa shape index (κ2) is 7.14. The van der Waals surface area contributed by atoms with Gasteiger partial charge in [0, 0.05) is 19.3 Å². The van der Waals surface area contributed by atoms with Crippen molar-refractivity contribution in [3.63, 3.8) is 0 Å². The molecule has 132 valence electrons. The van der Waals surface area contributed by atoms with E-state index in [2.05, 4.69) is 10.00 Å². The molecular formula is C21H21N3O2. The van der Waals surface area contributed by atoms with Crippen LogP contribution in [0.4, 0.5) is 0 Å². The van der Waals surface area contributed by atoms with Gasteiger partial charge in [-0.1, -0.05) is 36.4 Å². The number of para-hydroxylation sites is 1. The van der Waals surface area contributed by atoms with Crippen molar-refractivity contribution in [1.82, 2.24) is 14.7 Å². The minimum absolute atomic E-state index is 0.260. The first-order valence-electron chi connectivity index (χ1n) is 8.85. The van der Waals surface area contributed by atoms with E-state index in [0.29, 0.717) is 5.56 Å². The lowest BCUT2D eigenvalue weighted by atomic mass is 9.93. The van der Waals surface area contributed by atoms with Crippen LogP contribution in [0.25, 0.3) is 5.69 Å². The fraction of sp³-hybridized carbons (Fsp3) is 0.238. The number of hydrogen-bond acceptors (Lipinski definition) is 3. The van der Waals surface area contributed by atoms with E-state index in [1.807, 2.05) is 59.4 Å². The van der Waals surface area contributed by atoms with Gasteiger partial charge in [0.15, 0.2) is 0 Å². The first-order chi connectivity index (χ1) is 12.7. The van der Waals surface area contributed by atoms with Crippen molar-refractivity contribution >= 4 is 5.97 Å². The molecule has 0 spiro atoms. The Morgan fingerprint density at radius 2 is 1.85 bits per heavy atom. The zero-order valence-corrected chi connectivity index (χ0v) is 14.5. The molecule has 0 amide bonds. The molecule has 0 unspecified atom stereocenters. The SMILES string of the molecule is O=C(O)c1ccccc1[C@@H]1CCN(Cc2ccnn2-c2ccccc2)C1. The molecule has 1 atom stereocenters. The quantitative estimate of drug-likeness (QED) is 0.767. The van der Waals surface area contributed by atoms with Crippen molar-refractivity contribution in [2.24, 2.45) is 0 Å². The molecule has 0 aliphatic carbocycles. The predicted octanol–water partition coefficient (Wildman–Crippen LogP) is 3.56. The van der Waals surface area contributed by atoms with Gasteiger partial charge in [-0.3, -0.25) is 4.90 Å². The Labute approximate surface area is 152 Å². The lowest BCUT2D eigenvalue weighted by Gasteiger charge is -2.18. The molecule has 2 aromatic carbocycles. The van der Waals surface area contributed by atoms with Gasteiger partial charge in [-0.25, -0.2) is 9.48 Å². The average Bonchev–Trinajstić information content (AvgIpc) is 3.32. The summed E-state index contributed by atoms with van der Waals surface area (Å²) in [6.45, 7) is 2.63. The van der Waals surface area contributed by atoms with Crippen LogP contribution < -0.4 is 0 Å². The normalized spacial score (nSPS) is 17.5. The number of carboxylic acids is 1. The largest absolute Gasteiger partial charge is 0.478 e. The molecule has 5 heteroatoms. The third kappa shape index (κ3) is 3.26. The molecule has 1 N–H and O–H groups in total. The van der Waals surface area contributed by atoms with Gasteiger partial charge in [0.25, 0.3) is 0 Å². The Morgan fingerprint density at radius 1 is 1.08 bits per heavy atom. The number of carboxylic acid groups (broad SMARTS) is 1. The first-order valence-corrected chi connectivity index (χ1v) is 8.85. The number of aromatic carboxylic acids is 1. The molecule has 26 heavy (non-hydrogen) atoms. The highest BCUT2D eigenvalue weighted by Crippen LogP contribution is 2.30. The van der Waals surface area contributed by atoms with Gasteiger partial charge in [-0.2, -0.15) is 5.10 Å². The highest BCUT2D eigenvalue weighted by atomic mass is 16.4. The van der Waals surface area contributed by atoms with Gasteiger partial charge in [0.2, 0.25) is 0 Å². The van der Waals surface area contributed by atoms with E-state index in [4.69, 9.17) is 0 Å². The molecule has 0 bridgehead atoms. The number of benzene rings is 2. The Hall–Kier alpha value is -2.92. The number of carbonyl (C=O) groups is 1. The number of aromatic nitrogens is 2. The Bertz CT molecular complexity index is 904. The third-order valence-corrected chi connectivity index (χ3v) is 5.01. The van der Waals surface area contributed by atoms with E-state index in [1.54, 1.807) is 12.1 Å². The van der Waals surface area contributed by atoms with E-state index in [-0.39, 0.29) is 5.92 Å². The van der Waals surface area contributed by atoms with E-state index in [9.17, 15) is 9.90 Å². The van der Waals surface area contributed by atoms with Crippen molar-refractivity contribution in [3.05, 3.63) is 83.7 Å². The van der Waals surface area contributed by atoms with Gasteiger partial charge in [-0.15, -0.1) is 0 Å². The van der Waals surface area contributed by atoms with E-state index in [0.717, 1.165) is 43.0 Å². The number of hydrogen-bond donors (Lipinski definition) is 1. The number of rotatable bonds is 5. The van der Waals surface area contributed by atoms with Crippen LogP contribution >= 0.6 is 0 Å². The van der Waals surface area contributed by atoms with Crippen molar-refractivity contribution in [2.45, 2.75) is 18.9 Å². The van der Waals surface area contributed by atoms with Crippen LogP contribution in [0.2, 0.25) is 0 Å². The van der Waals surface area contributed by atoms with Gasteiger partial charge in [0.1, 0.15) is 0 Å². The van der Waals surface area contributed by atoms with Crippen LogP contribution in [-0.2, 0) is 6.54 Å². The predicted molar refractivity (Wildman–Crippen MR) is 99.6 cm³/mol. The number of nitrogens with zero attached hydrogens (tertiary/aromatic N) is 3. The summed E-state index contributed by atoms with van der Waals surface area (Å²) in [5.41, 5.74) is 3.57. The van der Waals surface area contributed by atoms with Gasteiger partial charge in [-0.05, 0) is 48.7 Å². The zero-order valence-electron chi connectivity index (χ0n) is 14.5. The zero-order chi connectivity index (χ0) is 17.9. The monoisotopic (exact) mass is 347 g/mol. The van der Waals surface area contributed by atoms with Crippen LogP contribution in [0.15, 0.2) is 66.9 Å². The summed E-state index contributed by atoms with van der Waals surface area (Å²) in [6.07, 6.45) is 2.80. The minimum atomic E-state index is -0.846. The van der Waals surface area contributed by atoms with Crippen LogP contribution in [0.1, 0.15) is 34.0 Å². The van der Waals surface area contributed by atoms with E-state index in [1.165, 1.54) is 0 Å². The molecular weight excluding hydrogens is 326 g/mol. The van der Waals surface area contributed by atoms with Crippen molar-refractivity contribution < 1.29 is 9.90 Å². The third-order valence-electron chi connectivity index (χ3n) is 5.01. The van der Waals surface area contributed by atoms with Gasteiger partial charge < -0.3 is 5.11 Å². The molecule has 0 saturated carbocycles. The summed E-state index contributed by atoms with van der Waals surface area (Å²) in [6, 6.07) is 19.5. The van der Waals surface area contributed by atoms with Gasteiger partial charge in [0.05, 0.1) is 16.9 Å². The first kappa shape index (κ1) is 16.5. The van der Waals surface area contributed by atoms with Crippen LogP contribution in [0, 0.1) is 0 Å². The summed E-state index contributed by atoms with van der Waals surface area (Å²) in [7, 11) is 0. The maximum atomic E-state index is 11.5. The summed E-state index contributed by atoms with van der Waals surface area (Å²) in [5.74, 6) is -0.586. The Balaban J connectivity index is 1.50. The summed E-state index contributed by atoms with van der Waals surface area (Å²) < 4.78 is 1.97. The maximum absolute atomic E-state index is 11.5. The van der Waals surface area contributed by atoms with E-state index < -0.39 is 5.97 Å². The second-order valence-corrected chi connectivity index (χ2v) is 6.68. The molecule has 4 rings (SSSR count). The number of likely N-dealkylation sites (tertiary alicyclic amines) is 1. The lowest BCUT2D eigenvalue weighted by molar-refractivity contribution is 0.0695. The average molecular weight is 347 g/mol. The molecule has 3 aromatic rings. The molecule has 1 aromatic heterocycles. The fourth-order valence-electron chi connectivity index (χ4n) is 3.76. The van der Waals surface area contributed by atoms with Crippen molar-refractivity contribution in [2.75, 3.05) is 13.1 Å². The van der Waals surface area contributed by atoms with Gasteiger partial charge >= 0.3 is 5.97 Å². The lowest BCUT2D eigenvalue weighted by Crippen LogP contribution is -2.22. The Kier molecular flexibility index (Phi) is 4.54. The standard InChI is InChI=1S/C21H21N3O2/c25-21(26)20-9-5-4-8-19(20)16-11-13-23(14-16)15-18-10-12-22-24(18)17-6-2-1-3-7-17/h1-10,12,16H,11,13-15H2,(H,25,26)/t16-/m1/s1. The smallest absolute Gasteiger partial charge is 0.335 e. The maximum Gasteiger partial charge on any atom is 0.335 e. The molecule has 1 aliphatic heterocycles. The highest BCUT2D eigenvalue weighted by molar-refractivity contribution is 5.89. The molecule has 0 radical (unpaired) electrons. The molecule has 5 nitrogen and oxygen atoms in total. The highest BCUT2D eigenvalue weighted by Gasteiger charge is 2.27. The molecule has 1 aliphatic rings. The summed E-state index contributed by atoms with van der Waals surface area (Å²) >= 11 is 0.